The molecule has 0 aliphatic carbocycles. The molecule has 0 spiro atoms. The van der Waals surface area contributed by atoms with Gasteiger partial charge in [0.25, 0.3) is 5.91 Å². The normalized spacial score (nSPS) is 16.0. The second kappa shape index (κ2) is 6.32. The van der Waals surface area contributed by atoms with Gasteiger partial charge in [-0.25, -0.2) is 0 Å². The molecule has 2 heterocycles. The minimum Gasteiger partial charge on any atom is -0.352 e. The number of rotatable bonds is 3. The van der Waals surface area contributed by atoms with Crippen LogP contribution in [0.15, 0.2) is 30.3 Å². The summed E-state index contributed by atoms with van der Waals surface area (Å²) in [6.45, 7) is 2.94. The molecule has 0 fully saturated rings. The van der Waals surface area contributed by atoms with E-state index in [9.17, 15) is 4.79 Å². The Morgan fingerprint density at radius 1 is 1.33 bits per heavy atom. The molecular weight excluding hydrogens is 346 g/mol. The van der Waals surface area contributed by atoms with E-state index in [4.69, 9.17) is 0 Å². The molecule has 2 nitrogen and oxygen atoms in total. The molecule has 0 saturated carbocycles. The summed E-state index contributed by atoms with van der Waals surface area (Å²) in [7, 11) is 0. The fraction of sp³-hybridized carbons (Fsp3) is 0.353. The van der Waals surface area contributed by atoms with Crippen LogP contribution in [-0.2, 0) is 12.8 Å². The Bertz CT molecular complexity index is 665. The van der Waals surface area contributed by atoms with Gasteiger partial charge in [0.1, 0.15) is 0 Å². The summed E-state index contributed by atoms with van der Waals surface area (Å²) >= 11 is 5.61. The number of fused-ring (bicyclic) bond motifs is 1. The maximum atomic E-state index is 12.1. The minimum atomic E-state index is 0.0597. The van der Waals surface area contributed by atoms with Gasteiger partial charge in [-0.05, 0) is 48.6 Å². The van der Waals surface area contributed by atoms with Crippen LogP contribution < -0.4 is 5.32 Å². The molecule has 1 amide bonds. The first-order chi connectivity index (χ1) is 10.2. The highest BCUT2D eigenvalue weighted by atomic mass is 79.9. The summed E-state index contributed by atoms with van der Waals surface area (Å²) in [6.07, 6.45) is 3.05. The summed E-state index contributed by atoms with van der Waals surface area (Å²) < 4.78 is 0. The first kappa shape index (κ1) is 14.8. The number of hydrogen-bond acceptors (Lipinski definition) is 2. The van der Waals surface area contributed by atoms with E-state index in [-0.39, 0.29) is 10.7 Å². The SMILES string of the molecule is CCc1ccc(C(Br)c2ccc3c(c2)C(=O)NCCC3)s1. The predicted octanol–water partition coefficient (Wildman–Crippen LogP) is 4.47. The number of carbonyl (C=O) groups excluding carboxylic acids is 1. The molecule has 1 aromatic carbocycles. The van der Waals surface area contributed by atoms with E-state index in [2.05, 4.69) is 52.4 Å². The van der Waals surface area contributed by atoms with E-state index >= 15 is 0 Å². The second-order valence-corrected chi connectivity index (χ2v) is 7.41. The van der Waals surface area contributed by atoms with E-state index in [0.29, 0.717) is 0 Å². The number of nitrogens with one attached hydrogen (secondary N) is 1. The number of carbonyl (C=O) groups is 1. The van der Waals surface area contributed by atoms with E-state index < -0.39 is 0 Å². The Morgan fingerprint density at radius 3 is 2.95 bits per heavy atom. The first-order valence-corrected chi connectivity index (χ1v) is 9.06. The third kappa shape index (κ3) is 3.06. The maximum absolute atomic E-state index is 12.1. The molecule has 0 saturated heterocycles. The molecule has 2 aromatic rings. The number of aryl methyl sites for hydroxylation is 2. The number of amides is 1. The predicted molar refractivity (Wildman–Crippen MR) is 91.6 cm³/mol. The highest BCUT2D eigenvalue weighted by molar-refractivity contribution is 9.09. The molecule has 1 aliphatic heterocycles. The van der Waals surface area contributed by atoms with E-state index in [1.54, 1.807) is 0 Å². The van der Waals surface area contributed by atoms with Crippen molar-refractivity contribution >= 4 is 33.2 Å². The molecule has 3 rings (SSSR count). The average molecular weight is 364 g/mol. The van der Waals surface area contributed by atoms with Crippen molar-refractivity contribution in [3.63, 3.8) is 0 Å². The zero-order valence-corrected chi connectivity index (χ0v) is 14.4. The third-order valence-corrected chi connectivity index (χ3v) is 6.48. The van der Waals surface area contributed by atoms with Gasteiger partial charge >= 0.3 is 0 Å². The minimum absolute atomic E-state index is 0.0597. The van der Waals surface area contributed by atoms with Crippen molar-refractivity contribution in [2.75, 3.05) is 6.54 Å². The van der Waals surface area contributed by atoms with Crippen LogP contribution in [0.2, 0.25) is 0 Å². The zero-order chi connectivity index (χ0) is 14.8. The molecule has 21 heavy (non-hydrogen) atoms. The maximum Gasteiger partial charge on any atom is 0.251 e. The molecule has 0 radical (unpaired) electrons. The standard InChI is InChI=1S/C17H18BrNOS/c1-2-13-7-8-15(21-13)16(18)12-6-5-11-4-3-9-19-17(20)14(11)10-12/h5-8,10,16H,2-4,9H2,1H3,(H,19,20). The molecule has 110 valence electrons. The lowest BCUT2D eigenvalue weighted by Crippen LogP contribution is -2.22. The fourth-order valence-corrected chi connectivity index (χ4v) is 4.32. The molecular formula is C17H18BrNOS. The van der Waals surface area contributed by atoms with Gasteiger partial charge in [-0.1, -0.05) is 35.0 Å². The van der Waals surface area contributed by atoms with Crippen molar-refractivity contribution in [3.8, 4) is 0 Å². The van der Waals surface area contributed by atoms with Crippen LogP contribution in [0.5, 0.6) is 0 Å². The van der Waals surface area contributed by atoms with Gasteiger partial charge in [0.2, 0.25) is 0 Å². The van der Waals surface area contributed by atoms with Gasteiger partial charge in [0.15, 0.2) is 0 Å². The molecule has 1 N–H and O–H groups in total. The summed E-state index contributed by atoms with van der Waals surface area (Å²) in [5.74, 6) is 0.0597. The molecule has 1 aliphatic rings. The van der Waals surface area contributed by atoms with Crippen molar-refractivity contribution in [1.82, 2.24) is 5.32 Å². The Labute approximate surface area is 137 Å². The van der Waals surface area contributed by atoms with Crippen LogP contribution in [0, 0.1) is 0 Å². The lowest BCUT2D eigenvalue weighted by molar-refractivity contribution is 0.0956. The lowest BCUT2D eigenvalue weighted by atomic mass is 9.99. The molecule has 0 bridgehead atoms. The van der Waals surface area contributed by atoms with Crippen molar-refractivity contribution in [1.29, 1.82) is 0 Å². The monoisotopic (exact) mass is 363 g/mol. The van der Waals surface area contributed by atoms with Crippen molar-refractivity contribution in [2.45, 2.75) is 31.0 Å². The molecule has 1 unspecified atom stereocenters. The van der Waals surface area contributed by atoms with Crippen LogP contribution in [0.1, 0.15) is 49.4 Å². The number of hydrogen-bond donors (Lipinski definition) is 1. The van der Waals surface area contributed by atoms with Gasteiger partial charge in [0, 0.05) is 21.9 Å². The van der Waals surface area contributed by atoms with Crippen molar-refractivity contribution in [2.24, 2.45) is 0 Å². The van der Waals surface area contributed by atoms with Crippen LogP contribution in [-0.4, -0.2) is 12.5 Å². The first-order valence-electron chi connectivity index (χ1n) is 7.32. The number of alkyl halides is 1. The van der Waals surface area contributed by atoms with E-state index in [1.807, 2.05) is 17.4 Å². The average Bonchev–Trinajstić information content (AvgIpc) is 2.92. The van der Waals surface area contributed by atoms with Crippen molar-refractivity contribution < 1.29 is 4.79 Å². The van der Waals surface area contributed by atoms with Gasteiger partial charge in [-0.15, -0.1) is 11.3 Å². The Balaban J connectivity index is 1.93. The number of benzene rings is 1. The summed E-state index contributed by atoms with van der Waals surface area (Å²) in [6, 6.07) is 10.7. The topological polar surface area (TPSA) is 29.1 Å². The Kier molecular flexibility index (Phi) is 4.45. The summed E-state index contributed by atoms with van der Waals surface area (Å²) in [5, 5.41) is 2.97. The highest BCUT2D eigenvalue weighted by Gasteiger charge is 2.19. The number of thiophene rings is 1. The third-order valence-electron chi connectivity index (χ3n) is 3.86. The van der Waals surface area contributed by atoms with Crippen molar-refractivity contribution in [3.05, 3.63) is 56.8 Å². The quantitative estimate of drug-likeness (QED) is 0.800. The van der Waals surface area contributed by atoms with E-state index in [0.717, 1.165) is 42.5 Å². The molecule has 1 aromatic heterocycles. The van der Waals surface area contributed by atoms with Crippen LogP contribution in [0.3, 0.4) is 0 Å². The lowest BCUT2D eigenvalue weighted by Gasteiger charge is -2.12. The highest BCUT2D eigenvalue weighted by Crippen LogP contribution is 2.36. The Morgan fingerprint density at radius 2 is 2.19 bits per heavy atom. The largest absolute Gasteiger partial charge is 0.352 e. The smallest absolute Gasteiger partial charge is 0.251 e. The molecule has 1 atom stereocenters. The molecule has 4 heteroatoms. The van der Waals surface area contributed by atoms with Crippen LogP contribution in [0.4, 0.5) is 0 Å². The Hall–Kier alpha value is -1.13. The fourth-order valence-electron chi connectivity index (χ4n) is 2.64. The summed E-state index contributed by atoms with van der Waals surface area (Å²) in [5.41, 5.74) is 3.14. The second-order valence-electron chi connectivity index (χ2n) is 5.30. The van der Waals surface area contributed by atoms with Crippen LogP contribution >= 0.6 is 27.3 Å². The summed E-state index contributed by atoms with van der Waals surface area (Å²) in [4.78, 5) is 15.0. The van der Waals surface area contributed by atoms with E-state index in [1.165, 1.54) is 9.75 Å². The van der Waals surface area contributed by atoms with Gasteiger partial charge in [0.05, 0.1) is 4.83 Å². The van der Waals surface area contributed by atoms with Crippen LogP contribution in [0.25, 0.3) is 0 Å². The van der Waals surface area contributed by atoms with Gasteiger partial charge in [-0.2, -0.15) is 0 Å². The van der Waals surface area contributed by atoms with Gasteiger partial charge < -0.3 is 5.32 Å². The number of halogens is 1. The van der Waals surface area contributed by atoms with Gasteiger partial charge in [-0.3, -0.25) is 4.79 Å². The zero-order valence-electron chi connectivity index (χ0n) is 12.0.